The lowest BCUT2D eigenvalue weighted by molar-refractivity contribution is 0.517. The fraction of sp³-hybridized carbons (Fsp3) is 0.625. The topological polar surface area (TPSA) is 72.2 Å². The Morgan fingerprint density at radius 2 is 1.86 bits per heavy atom. The molecule has 0 saturated heterocycles. The minimum atomic E-state index is -3.26. The number of hydrogen-bond donors (Lipinski definition) is 2. The molecule has 5 heteroatoms. The number of hydrogen-bond acceptors (Lipinski definition) is 3. The monoisotopic (exact) mass is 312 g/mol. The van der Waals surface area contributed by atoms with Crippen molar-refractivity contribution in [3.63, 3.8) is 0 Å². The molecule has 1 rings (SSSR count). The van der Waals surface area contributed by atoms with Gasteiger partial charge in [0.05, 0.1) is 5.75 Å². The van der Waals surface area contributed by atoms with Gasteiger partial charge in [0.1, 0.15) is 0 Å². The summed E-state index contributed by atoms with van der Waals surface area (Å²) < 4.78 is 26.5. The molecule has 0 unspecified atom stereocenters. The molecule has 0 aliphatic heterocycles. The summed E-state index contributed by atoms with van der Waals surface area (Å²) in [6.07, 6.45) is 5.63. The molecule has 0 heterocycles. The van der Waals surface area contributed by atoms with E-state index < -0.39 is 10.0 Å². The van der Waals surface area contributed by atoms with Gasteiger partial charge in [0.2, 0.25) is 10.0 Å². The number of nitrogens with one attached hydrogen (secondary N) is 1. The number of benzene rings is 1. The normalized spacial score (nSPS) is 12.0. The molecule has 0 aliphatic carbocycles. The van der Waals surface area contributed by atoms with Crippen LogP contribution in [0.25, 0.3) is 0 Å². The van der Waals surface area contributed by atoms with Gasteiger partial charge in [0.25, 0.3) is 0 Å². The largest absolute Gasteiger partial charge is 0.399 e. The number of nitrogen functional groups attached to an aromatic ring is 1. The summed E-state index contributed by atoms with van der Waals surface area (Å²) in [7, 11) is -3.26. The first kappa shape index (κ1) is 18.0. The first-order chi connectivity index (χ1) is 9.89. The number of rotatable bonds is 10. The number of nitrogens with two attached hydrogens (primary N) is 1. The highest BCUT2D eigenvalue weighted by atomic mass is 32.2. The van der Waals surface area contributed by atoms with Crippen LogP contribution in [0.5, 0.6) is 0 Å². The number of unbranched alkanes of at least 4 members (excludes halogenated alkanes) is 3. The fourth-order valence-electron chi connectivity index (χ4n) is 2.21. The fourth-order valence-corrected chi connectivity index (χ4v) is 3.39. The lowest BCUT2D eigenvalue weighted by atomic mass is 10.0. The Morgan fingerprint density at radius 3 is 2.52 bits per heavy atom. The maximum Gasteiger partial charge on any atom is 0.215 e. The predicted octanol–water partition coefficient (Wildman–Crippen LogP) is 3.29. The Morgan fingerprint density at radius 1 is 1.14 bits per heavy atom. The van der Waals surface area contributed by atoms with Gasteiger partial charge in [-0.15, -0.1) is 0 Å². The Hall–Kier alpha value is -1.07. The molecule has 120 valence electrons. The molecule has 0 spiro atoms. The predicted molar refractivity (Wildman–Crippen MR) is 89.4 cm³/mol. The van der Waals surface area contributed by atoms with E-state index in [0.29, 0.717) is 12.2 Å². The third-order valence-electron chi connectivity index (χ3n) is 3.34. The average Bonchev–Trinajstić information content (AvgIpc) is 2.36. The van der Waals surface area contributed by atoms with Crippen LogP contribution in [-0.2, 0) is 15.8 Å². The first-order valence-corrected chi connectivity index (χ1v) is 9.36. The minimum absolute atomic E-state index is 0.00854. The van der Waals surface area contributed by atoms with Crippen molar-refractivity contribution in [2.75, 3.05) is 12.3 Å². The highest BCUT2D eigenvalue weighted by Crippen LogP contribution is 2.11. The van der Waals surface area contributed by atoms with E-state index in [4.69, 9.17) is 5.73 Å². The van der Waals surface area contributed by atoms with E-state index in [2.05, 4.69) is 18.6 Å². The summed E-state index contributed by atoms with van der Waals surface area (Å²) in [6.45, 7) is 4.97. The van der Waals surface area contributed by atoms with Crippen molar-refractivity contribution in [1.29, 1.82) is 0 Å². The smallest absolute Gasteiger partial charge is 0.215 e. The van der Waals surface area contributed by atoms with Crippen LogP contribution in [0.4, 0.5) is 5.69 Å². The van der Waals surface area contributed by atoms with Gasteiger partial charge in [-0.05, 0) is 30.0 Å². The molecular weight excluding hydrogens is 284 g/mol. The molecule has 0 atom stereocenters. The summed E-state index contributed by atoms with van der Waals surface area (Å²) >= 11 is 0. The zero-order valence-electron chi connectivity index (χ0n) is 13.1. The van der Waals surface area contributed by atoms with E-state index >= 15 is 0 Å². The van der Waals surface area contributed by atoms with E-state index in [9.17, 15) is 8.42 Å². The van der Waals surface area contributed by atoms with Crippen LogP contribution in [0.2, 0.25) is 0 Å². The number of anilines is 1. The van der Waals surface area contributed by atoms with Crippen LogP contribution >= 0.6 is 0 Å². The first-order valence-electron chi connectivity index (χ1n) is 7.71. The van der Waals surface area contributed by atoms with Gasteiger partial charge in [-0.25, -0.2) is 13.1 Å². The second-order valence-corrected chi connectivity index (χ2v) is 7.80. The standard InChI is InChI=1S/C16H28N2O2S/c1-14(2)8-5-3-4-6-11-18-21(19,20)13-15-9-7-10-16(17)12-15/h7,9-10,12,14,18H,3-6,8,11,13,17H2,1-2H3. The van der Waals surface area contributed by atoms with E-state index in [1.807, 2.05) is 0 Å². The van der Waals surface area contributed by atoms with Gasteiger partial charge in [-0.3, -0.25) is 0 Å². The Bertz CT molecular complexity index is 513. The summed E-state index contributed by atoms with van der Waals surface area (Å²) in [5.74, 6) is 0.743. The summed E-state index contributed by atoms with van der Waals surface area (Å²) in [5, 5.41) is 0. The quantitative estimate of drug-likeness (QED) is 0.514. The van der Waals surface area contributed by atoms with Gasteiger partial charge in [0.15, 0.2) is 0 Å². The van der Waals surface area contributed by atoms with E-state index in [1.54, 1.807) is 24.3 Å². The second-order valence-electron chi connectivity index (χ2n) is 6.00. The van der Waals surface area contributed by atoms with E-state index in [-0.39, 0.29) is 5.75 Å². The second kappa shape index (κ2) is 9.05. The molecule has 0 amide bonds. The van der Waals surface area contributed by atoms with Gasteiger partial charge >= 0.3 is 0 Å². The highest BCUT2D eigenvalue weighted by molar-refractivity contribution is 7.88. The SMILES string of the molecule is CC(C)CCCCCCNS(=O)(=O)Cc1cccc(N)c1. The molecule has 0 bridgehead atoms. The molecule has 1 aromatic rings. The van der Waals surface area contributed by atoms with E-state index in [0.717, 1.165) is 24.3 Å². The molecule has 0 saturated carbocycles. The van der Waals surface area contributed by atoms with Crippen molar-refractivity contribution in [3.8, 4) is 0 Å². The molecule has 0 radical (unpaired) electrons. The van der Waals surface area contributed by atoms with Crippen LogP contribution in [0, 0.1) is 5.92 Å². The highest BCUT2D eigenvalue weighted by Gasteiger charge is 2.10. The summed E-state index contributed by atoms with van der Waals surface area (Å²) in [4.78, 5) is 0. The van der Waals surface area contributed by atoms with Crippen molar-refractivity contribution in [2.45, 2.75) is 51.7 Å². The van der Waals surface area contributed by atoms with Gasteiger partial charge < -0.3 is 5.73 Å². The van der Waals surface area contributed by atoms with Crippen LogP contribution < -0.4 is 10.5 Å². The van der Waals surface area contributed by atoms with Crippen molar-refractivity contribution >= 4 is 15.7 Å². The zero-order valence-corrected chi connectivity index (χ0v) is 14.0. The van der Waals surface area contributed by atoms with Crippen LogP contribution in [0.3, 0.4) is 0 Å². The Balaban J connectivity index is 2.21. The maximum absolute atomic E-state index is 11.9. The zero-order chi connectivity index (χ0) is 15.7. The molecule has 1 aromatic carbocycles. The Labute approximate surface area is 129 Å². The van der Waals surface area contributed by atoms with Gasteiger partial charge in [-0.1, -0.05) is 51.7 Å². The van der Waals surface area contributed by atoms with Crippen molar-refractivity contribution in [1.82, 2.24) is 4.72 Å². The third-order valence-corrected chi connectivity index (χ3v) is 4.70. The van der Waals surface area contributed by atoms with Crippen LogP contribution in [-0.4, -0.2) is 15.0 Å². The summed E-state index contributed by atoms with van der Waals surface area (Å²) in [6, 6.07) is 7.00. The lowest BCUT2D eigenvalue weighted by Crippen LogP contribution is -2.26. The minimum Gasteiger partial charge on any atom is -0.399 e. The molecule has 21 heavy (non-hydrogen) atoms. The molecule has 4 nitrogen and oxygen atoms in total. The molecule has 0 aliphatic rings. The molecular formula is C16H28N2O2S. The van der Waals surface area contributed by atoms with Gasteiger partial charge in [0, 0.05) is 12.2 Å². The van der Waals surface area contributed by atoms with Crippen molar-refractivity contribution in [3.05, 3.63) is 29.8 Å². The lowest BCUT2D eigenvalue weighted by Gasteiger charge is -2.08. The maximum atomic E-state index is 11.9. The molecule has 0 aromatic heterocycles. The number of sulfonamides is 1. The van der Waals surface area contributed by atoms with E-state index in [1.165, 1.54) is 19.3 Å². The summed E-state index contributed by atoms with van der Waals surface area (Å²) in [5.41, 5.74) is 6.96. The van der Waals surface area contributed by atoms with Crippen LogP contribution in [0.1, 0.15) is 51.5 Å². The van der Waals surface area contributed by atoms with Crippen molar-refractivity contribution in [2.24, 2.45) is 5.92 Å². The van der Waals surface area contributed by atoms with Gasteiger partial charge in [-0.2, -0.15) is 0 Å². The van der Waals surface area contributed by atoms with Crippen molar-refractivity contribution < 1.29 is 8.42 Å². The molecule has 0 fully saturated rings. The third kappa shape index (κ3) is 8.73. The molecule has 3 N–H and O–H groups in total. The van der Waals surface area contributed by atoms with Crippen LogP contribution in [0.15, 0.2) is 24.3 Å². The Kier molecular flexibility index (Phi) is 7.75. The average molecular weight is 312 g/mol.